The lowest BCUT2D eigenvalue weighted by Gasteiger charge is -2.07. The first-order valence-electron chi connectivity index (χ1n) is 13.2. The van der Waals surface area contributed by atoms with E-state index in [0.29, 0.717) is 24.8 Å². The maximum absolute atomic E-state index is 5.80. The lowest BCUT2D eigenvalue weighted by Crippen LogP contribution is -2.02. The molecule has 188 valence electrons. The highest BCUT2D eigenvalue weighted by Crippen LogP contribution is 2.20. The molecule has 0 radical (unpaired) electrons. The minimum absolute atomic E-state index is 0.599. The van der Waals surface area contributed by atoms with Gasteiger partial charge in [0.05, 0.1) is 19.0 Å². The highest BCUT2D eigenvalue weighted by molar-refractivity contribution is 5.56. The van der Waals surface area contributed by atoms with Crippen molar-refractivity contribution in [3.63, 3.8) is 0 Å². The second-order valence-electron chi connectivity index (χ2n) is 8.63. The van der Waals surface area contributed by atoms with E-state index in [1.165, 1.54) is 44.9 Å². The van der Waals surface area contributed by atoms with E-state index in [4.69, 9.17) is 14.2 Å². The summed E-state index contributed by atoms with van der Waals surface area (Å²) in [5, 5.41) is 0. The van der Waals surface area contributed by atoms with Gasteiger partial charge in [0.25, 0.3) is 0 Å². The SMILES string of the molecule is CCCCCCCC=CCOc1ccc(-c2ncc(OCCCCOCCCCC)cn2)cc1. The van der Waals surface area contributed by atoms with Crippen LogP contribution in [-0.4, -0.2) is 36.4 Å². The van der Waals surface area contributed by atoms with Crippen LogP contribution in [0, 0.1) is 0 Å². The molecule has 1 aromatic carbocycles. The van der Waals surface area contributed by atoms with Crippen LogP contribution in [0.4, 0.5) is 0 Å². The third-order valence-corrected chi connectivity index (χ3v) is 5.57. The van der Waals surface area contributed by atoms with Crippen molar-refractivity contribution in [1.82, 2.24) is 9.97 Å². The van der Waals surface area contributed by atoms with Crippen molar-refractivity contribution in [2.75, 3.05) is 26.4 Å². The largest absolute Gasteiger partial charge is 0.490 e. The number of nitrogens with zero attached hydrogens (tertiary/aromatic N) is 2. The maximum atomic E-state index is 5.80. The van der Waals surface area contributed by atoms with Crippen molar-refractivity contribution in [2.45, 2.75) is 84.5 Å². The summed E-state index contributed by atoms with van der Waals surface area (Å²) in [6.45, 7) is 7.38. The van der Waals surface area contributed by atoms with Gasteiger partial charge < -0.3 is 14.2 Å². The molecule has 34 heavy (non-hydrogen) atoms. The molecule has 0 aliphatic carbocycles. The van der Waals surface area contributed by atoms with Gasteiger partial charge in [0.1, 0.15) is 12.4 Å². The Balaban J connectivity index is 1.60. The molecule has 1 heterocycles. The fourth-order valence-corrected chi connectivity index (χ4v) is 3.49. The molecule has 0 aliphatic rings. The zero-order valence-electron chi connectivity index (χ0n) is 21.3. The Morgan fingerprint density at radius 1 is 0.647 bits per heavy atom. The van der Waals surface area contributed by atoms with Gasteiger partial charge in [-0.15, -0.1) is 0 Å². The van der Waals surface area contributed by atoms with E-state index in [-0.39, 0.29) is 0 Å². The first kappa shape index (κ1) is 27.8. The molecular formula is C29H44N2O3. The number of hydrogen-bond donors (Lipinski definition) is 0. The Morgan fingerprint density at radius 3 is 2.03 bits per heavy atom. The minimum atomic E-state index is 0.599. The maximum Gasteiger partial charge on any atom is 0.159 e. The van der Waals surface area contributed by atoms with Crippen molar-refractivity contribution < 1.29 is 14.2 Å². The molecule has 0 unspecified atom stereocenters. The molecule has 0 N–H and O–H groups in total. The van der Waals surface area contributed by atoms with Crippen molar-refractivity contribution >= 4 is 0 Å². The predicted octanol–water partition coefficient (Wildman–Crippen LogP) is 7.80. The standard InChI is InChI=1S/C29H44N2O3/c1-3-5-7-8-9-10-11-13-22-33-27-18-16-26(17-19-27)29-30-24-28(25-31-29)34-23-15-14-21-32-20-12-6-4-2/h11,13,16-19,24-25H,3-10,12,14-15,20-23H2,1-2H3. The molecule has 2 aromatic rings. The van der Waals surface area contributed by atoms with Crippen molar-refractivity contribution in [3.8, 4) is 22.9 Å². The normalized spacial score (nSPS) is 11.2. The first-order valence-corrected chi connectivity index (χ1v) is 13.2. The zero-order valence-corrected chi connectivity index (χ0v) is 21.3. The van der Waals surface area contributed by atoms with Crippen LogP contribution in [0.15, 0.2) is 48.8 Å². The molecule has 0 saturated heterocycles. The van der Waals surface area contributed by atoms with Gasteiger partial charge in [-0.3, -0.25) is 0 Å². The topological polar surface area (TPSA) is 53.5 Å². The lowest BCUT2D eigenvalue weighted by atomic mass is 10.1. The number of hydrogen-bond acceptors (Lipinski definition) is 5. The molecule has 0 spiro atoms. The van der Waals surface area contributed by atoms with Crippen LogP contribution in [0.2, 0.25) is 0 Å². The molecule has 0 saturated carbocycles. The minimum Gasteiger partial charge on any atom is -0.490 e. The number of allylic oxidation sites excluding steroid dienone is 1. The average Bonchev–Trinajstić information content (AvgIpc) is 2.87. The lowest BCUT2D eigenvalue weighted by molar-refractivity contribution is 0.122. The third-order valence-electron chi connectivity index (χ3n) is 5.57. The highest BCUT2D eigenvalue weighted by atomic mass is 16.5. The first-order chi connectivity index (χ1) is 16.8. The number of benzene rings is 1. The fourth-order valence-electron chi connectivity index (χ4n) is 3.49. The summed E-state index contributed by atoms with van der Waals surface area (Å²) >= 11 is 0. The number of unbranched alkanes of at least 4 members (excludes halogenated alkanes) is 8. The second-order valence-corrected chi connectivity index (χ2v) is 8.63. The van der Waals surface area contributed by atoms with E-state index in [1.54, 1.807) is 12.4 Å². The number of ether oxygens (including phenoxy) is 3. The van der Waals surface area contributed by atoms with Crippen LogP contribution in [-0.2, 0) is 4.74 Å². The Morgan fingerprint density at radius 2 is 1.29 bits per heavy atom. The van der Waals surface area contributed by atoms with Crippen LogP contribution >= 0.6 is 0 Å². The number of rotatable bonds is 20. The molecule has 0 bridgehead atoms. The summed E-state index contributed by atoms with van der Waals surface area (Å²) in [5.41, 5.74) is 0.960. The molecule has 0 amide bonds. The Kier molecular flexibility index (Phi) is 15.5. The molecule has 1 aromatic heterocycles. The molecular weight excluding hydrogens is 424 g/mol. The summed E-state index contributed by atoms with van der Waals surface area (Å²) in [6, 6.07) is 7.91. The summed E-state index contributed by atoms with van der Waals surface area (Å²) < 4.78 is 17.2. The van der Waals surface area contributed by atoms with Gasteiger partial charge in [-0.25, -0.2) is 9.97 Å². The monoisotopic (exact) mass is 468 g/mol. The predicted molar refractivity (Wildman–Crippen MR) is 141 cm³/mol. The molecule has 0 atom stereocenters. The molecule has 2 rings (SSSR count). The van der Waals surface area contributed by atoms with E-state index < -0.39 is 0 Å². The second kappa shape index (κ2) is 19.0. The summed E-state index contributed by atoms with van der Waals surface area (Å²) in [6.07, 6.45) is 21.1. The smallest absolute Gasteiger partial charge is 0.159 e. The van der Waals surface area contributed by atoms with Gasteiger partial charge in [0, 0.05) is 18.8 Å². The van der Waals surface area contributed by atoms with Crippen LogP contribution in [0.5, 0.6) is 11.5 Å². The molecule has 5 heteroatoms. The highest BCUT2D eigenvalue weighted by Gasteiger charge is 2.03. The summed E-state index contributed by atoms with van der Waals surface area (Å²) in [7, 11) is 0. The average molecular weight is 469 g/mol. The third kappa shape index (κ3) is 12.7. The van der Waals surface area contributed by atoms with Crippen LogP contribution in [0.1, 0.15) is 84.5 Å². The van der Waals surface area contributed by atoms with Crippen molar-refractivity contribution in [2.24, 2.45) is 0 Å². The van der Waals surface area contributed by atoms with Gasteiger partial charge >= 0.3 is 0 Å². The Labute approximate surface area is 207 Å². The van der Waals surface area contributed by atoms with E-state index >= 15 is 0 Å². The van der Waals surface area contributed by atoms with Crippen molar-refractivity contribution in [3.05, 3.63) is 48.8 Å². The van der Waals surface area contributed by atoms with Gasteiger partial charge in [0.15, 0.2) is 11.6 Å². The quantitative estimate of drug-likeness (QED) is 0.146. The molecule has 0 fully saturated rings. The Bertz CT molecular complexity index is 760. The van der Waals surface area contributed by atoms with Gasteiger partial charge in [-0.1, -0.05) is 64.5 Å². The molecule has 5 nitrogen and oxygen atoms in total. The fraction of sp³-hybridized carbons (Fsp3) is 0.586. The molecule has 0 aliphatic heterocycles. The van der Waals surface area contributed by atoms with Gasteiger partial charge in [-0.2, -0.15) is 0 Å². The summed E-state index contributed by atoms with van der Waals surface area (Å²) in [4.78, 5) is 8.89. The van der Waals surface area contributed by atoms with Gasteiger partial charge in [0.2, 0.25) is 0 Å². The summed E-state index contributed by atoms with van der Waals surface area (Å²) in [5.74, 6) is 2.23. The van der Waals surface area contributed by atoms with E-state index in [2.05, 4.69) is 36.0 Å². The van der Waals surface area contributed by atoms with Crippen molar-refractivity contribution in [1.29, 1.82) is 0 Å². The zero-order chi connectivity index (χ0) is 24.1. The Hall–Kier alpha value is -2.40. The van der Waals surface area contributed by atoms with E-state index in [0.717, 1.165) is 50.2 Å². The number of aromatic nitrogens is 2. The van der Waals surface area contributed by atoms with E-state index in [9.17, 15) is 0 Å². The van der Waals surface area contributed by atoms with Crippen LogP contribution in [0.25, 0.3) is 11.4 Å². The van der Waals surface area contributed by atoms with Crippen LogP contribution in [0.3, 0.4) is 0 Å². The van der Waals surface area contributed by atoms with Gasteiger partial charge in [-0.05, 0) is 56.4 Å². The van der Waals surface area contributed by atoms with E-state index in [1.807, 2.05) is 24.3 Å². The van der Waals surface area contributed by atoms with Crippen LogP contribution < -0.4 is 9.47 Å².